The summed E-state index contributed by atoms with van der Waals surface area (Å²) >= 11 is 1.40. The first-order valence-electron chi connectivity index (χ1n) is 9.17. The van der Waals surface area contributed by atoms with Crippen LogP contribution in [0.15, 0.2) is 96.5 Å². The van der Waals surface area contributed by atoms with Crippen molar-refractivity contribution in [3.8, 4) is 11.3 Å². The highest BCUT2D eigenvalue weighted by atomic mass is 32.1. The summed E-state index contributed by atoms with van der Waals surface area (Å²) in [4.78, 5) is 20.6. The standard InChI is InChI=1S/C24H20N2OS/c27-24(23-22(25-18-28-23)21-14-8-3-9-15-21)26(16-19-10-4-1-5-11-19)17-20-12-6-2-7-13-20/h1-15,18H,16-17H2. The number of thiazole rings is 1. The van der Waals surface area contributed by atoms with Crippen molar-refractivity contribution in [2.24, 2.45) is 0 Å². The van der Waals surface area contributed by atoms with Crippen LogP contribution in [0.5, 0.6) is 0 Å². The molecule has 0 bridgehead atoms. The van der Waals surface area contributed by atoms with E-state index in [1.54, 1.807) is 5.51 Å². The summed E-state index contributed by atoms with van der Waals surface area (Å²) in [7, 11) is 0. The van der Waals surface area contributed by atoms with Gasteiger partial charge in [-0.25, -0.2) is 4.98 Å². The largest absolute Gasteiger partial charge is 0.329 e. The molecule has 3 nitrogen and oxygen atoms in total. The smallest absolute Gasteiger partial charge is 0.266 e. The number of hydrogen-bond donors (Lipinski definition) is 0. The molecule has 0 fully saturated rings. The average molecular weight is 385 g/mol. The Labute approximate surface area is 168 Å². The second-order valence-electron chi connectivity index (χ2n) is 6.53. The molecule has 0 N–H and O–H groups in total. The molecule has 138 valence electrons. The molecule has 0 aliphatic carbocycles. The summed E-state index contributed by atoms with van der Waals surface area (Å²) in [5.41, 5.74) is 5.68. The molecule has 1 aromatic heterocycles. The van der Waals surface area contributed by atoms with E-state index >= 15 is 0 Å². The quantitative estimate of drug-likeness (QED) is 0.430. The van der Waals surface area contributed by atoms with Gasteiger partial charge < -0.3 is 4.90 Å². The lowest BCUT2D eigenvalue weighted by atomic mass is 10.1. The maximum Gasteiger partial charge on any atom is 0.266 e. The number of amides is 1. The van der Waals surface area contributed by atoms with Crippen molar-refractivity contribution in [1.29, 1.82) is 0 Å². The van der Waals surface area contributed by atoms with Crippen LogP contribution in [0, 0.1) is 0 Å². The summed E-state index contributed by atoms with van der Waals surface area (Å²) in [6.07, 6.45) is 0. The normalized spacial score (nSPS) is 10.6. The van der Waals surface area contributed by atoms with E-state index in [0.29, 0.717) is 18.0 Å². The van der Waals surface area contributed by atoms with Gasteiger partial charge in [0.1, 0.15) is 4.88 Å². The minimum Gasteiger partial charge on any atom is -0.329 e. The fourth-order valence-electron chi connectivity index (χ4n) is 3.15. The van der Waals surface area contributed by atoms with Crippen LogP contribution in [0.2, 0.25) is 0 Å². The van der Waals surface area contributed by atoms with Gasteiger partial charge in [0.05, 0.1) is 11.2 Å². The first-order valence-corrected chi connectivity index (χ1v) is 10.1. The highest BCUT2D eigenvalue weighted by Crippen LogP contribution is 2.27. The number of carbonyl (C=O) groups is 1. The van der Waals surface area contributed by atoms with Gasteiger partial charge in [-0.15, -0.1) is 11.3 Å². The summed E-state index contributed by atoms with van der Waals surface area (Å²) in [5.74, 6) is 0.00839. The molecular weight excluding hydrogens is 364 g/mol. The van der Waals surface area contributed by atoms with Gasteiger partial charge in [0.25, 0.3) is 5.91 Å². The Kier molecular flexibility index (Phi) is 5.59. The molecule has 4 heteroatoms. The monoisotopic (exact) mass is 384 g/mol. The topological polar surface area (TPSA) is 33.2 Å². The lowest BCUT2D eigenvalue weighted by molar-refractivity contribution is 0.0735. The number of carbonyl (C=O) groups excluding carboxylic acids is 1. The highest BCUT2D eigenvalue weighted by molar-refractivity contribution is 7.12. The average Bonchev–Trinajstić information content (AvgIpc) is 3.25. The van der Waals surface area contributed by atoms with Crippen LogP contribution in [-0.4, -0.2) is 15.8 Å². The molecule has 0 unspecified atom stereocenters. The second-order valence-corrected chi connectivity index (χ2v) is 7.38. The maximum absolute atomic E-state index is 13.5. The van der Waals surface area contributed by atoms with Gasteiger partial charge in [-0.2, -0.15) is 0 Å². The van der Waals surface area contributed by atoms with Crippen LogP contribution in [0.3, 0.4) is 0 Å². The van der Waals surface area contributed by atoms with Crippen molar-refractivity contribution in [3.63, 3.8) is 0 Å². The van der Waals surface area contributed by atoms with Gasteiger partial charge in [0, 0.05) is 18.7 Å². The molecule has 28 heavy (non-hydrogen) atoms. The summed E-state index contributed by atoms with van der Waals surface area (Å²) in [5, 5.41) is 0. The van der Waals surface area contributed by atoms with E-state index in [9.17, 15) is 4.79 Å². The second kappa shape index (κ2) is 8.63. The molecule has 4 rings (SSSR count). The highest BCUT2D eigenvalue weighted by Gasteiger charge is 2.22. The lowest BCUT2D eigenvalue weighted by Crippen LogP contribution is -2.30. The van der Waals surface area contributed by atoms with Crippen molar-refractivity contribution in [1.82, 2.24) is 9.88 Å². The Hall–Kier alpha value is -3.24. The predicted molar refractivity (Wildman–Crippen MR) is 114 cm³/mol. The number of rotatable bonds is 6. The molecule has 3 aromatic carbocycles. The van der Waals surface area contributed by atoms with E-state index in [1.807, 2.05) is 71.6 Å². The number of benzene rings is 3. The summed E-state index contributed by atoms with van der Waals surface area (Å²) in [6.45, 7) is 1.11. The van der Waals surface area contributed by atoms with Crippen molar-refractivity contribution < 1.29 is 4.79 Å². The molecule has 4 aromatic rings. The predicted octanol–water partition coefficient (Wildman–Crippen LogP) is 5.65. The zero-order chi connectivity index (χ0) is 19.2. The molecule has 0 atom stereocenters. The molecule has 0 aliphatic rings. The number of aromatic nitrogens is 1. The van der Waals surface area contributed by atoms with Gasteiger partial charge in [-0.3, -0.25) is 4.79 Å². The Morgan fingerprint density at radius 3 is 1.79 bits per heavy atom. The minimum atomic E-state index is 0.00839. The van der Waals surface area contributed by atoms with E-state index in [4.69, 9.17) is 0 Å². The van der Waals surface area contributed by atoms with Gasteiger partial charge in [0.15, 0.2) is 0 Å². The molecule has 0 aliphatic heterocycles. The Morgan fingerprint density at radius 2 is 1.25 bits per heavy atom. The van der Waals surface area contributed by atoms with Crippen LogP contribution in [0.25, 0.3) is 11.3 Å². The third-order valence-corrected chi connectivity index (χ3v) is 5.34. The molecular formula is C24H20N2OS. The van der Waals surface area contributed by atoms with Gasteiger partial charge in [-0.05, 0) is 11.1 Å². The lowest BCUT2D eigenvalue weighted by Gasteiger charge is -2.23. The van der Waals surface area contributed by atoms with Gasteiger partial charge >= 0.3 is 0 Å². The molecule has 0 saturated carbocycles. The van der Waals surface area contributed by atoms with E-state index in [-0.39, 0.29) is 5.91 Å². The van der Waals surface area contributed by atoms with Gasteiger partial charge in [-0.1, -0.05) is 91.0 Å². The zero-order valence-corrected chi connectivity index (χ0v) is 16.2. The summed E-state index contributed by atoms with van der Waals surface area (Å²) in [6, 6.07) is 30.1. The molecule has 0 spiro atoms. The third kappa shape index (κ3) is 4.18. The van der Waals surface area contributed by atoms with Crippen LogP contribution in [0.4, 0.5) is 0 Å². The van der Waals surface area contributed by atoms with Gasteiger partial charge in [0.2, 0.25) is 0 Å². The van der Waals surface area contributed by atoms with Crippen LogP contribution >= 0.6 is 11.3 Å². The van der Waals surface area contributed by atoms with Crippen molar-refractivity contribution in [3.05, 3.63) is 113 Å². The SMILES string of the molecule is O=C(c1scnc1-c1ccccc1)N(Cc1ccccc1)Cc1ccccc1. The molecule has 0 radical (unpaired) electrons. The Balaban J connectivity index is 1.66. The molecule has 0 saturated heterocycles. The molecule has 1 amide bonds. The van der Waals surface area contributed by atoms with E-state index in [2.05, 4.69) is 29.2 Å². The minimum absolute atomic E-state index is 0.00839. The summed E-state index contributed by atoms with van der Waals surface area (Å²) < 4.78 is 0. The van der Waals surface area contributed by atoms with E-state index < -0.39 is 0 Å². The fourth-order valence-corrected chi connectivity index (χ4v) is 3.93. The van der Waals surface area contributed by atoms with Crippen molar-refractivity contribution in [2.75, 3.05) is 0 Å². The van der Waals surface area contributed by atoms with E-state index in [1.165, 1.54) is 11.3 Å². The van der Waals surface area contributed by atoms with Crippen LogP contribution < -0.4 is 0 Å². The fraction of sp³-hybridized carbons (Fsp3) is 0.0833. The zero-order valence-electron chi connectivity index (χ0n) is 15.4. The molecule has 1 heterocycles. The maximum atomic E-state index is 13.5. The first kappa shape index (κ1) is 18.1. The number of nitrogens with zero attached hydrogens (tertiary/aromatic N) is 2. The van der Waals surface area contributed by atoms with Crippen molar-refractivity contribution >= 4 is 17.2 Å². The third-order valence-electron chi connectivity index (χ3n) is 4.53. The van der Waals surface area contributed by atoms with Crippen LogP contribution in [-0.2, 0) is 13.1 Å². The van der Waals surface area contributed by atoms with Crippen molar-refractivity contribution in [2.45, 2.75) is 13.1 Å². The number of hydrogen-bond acceptors (Lipinski definition) is 3. The Bertz CT molecular complexity index is 988. The van der Waals surface area contributed by atoms with E-state index in [0.717, 1.165) is 22.4 Å². The Morgan fingerprint density at radius 1 is 0.750 bits per heavy atom. The first-order chi connectivity index (χ1) is 13.8. The van der Waals surface area contributed by atoms with Crippen LogP contribution in [0.1, 0.15) is 20.8 Å².